The van der Waals surface area contributed by atoms with E-state index in [1.54, 1.807) is 7.11 Å². The molecule has 0 spiro atoms. The van der Waals surface area contributed by atoms with E-state index in [2.05, 4.69) is 22.2 Å². The number of para-hydroxylation sites is 2. The molecule has 5 nitrogen and oxygen atoms in total. The molecule has 0 atom stereocenters. The highest BCUT2D eigenvalue weighted by atomic mass is 16.5. The first-order valence-electron chi connectivity index (χ1n) is 9.22. The minimum atomic E-state index is 0.0913. The first-order chi connectivity index (χ1) is 13.3. The number of rotatable bonds is 10. The number of aryl methyl sites for hydroxylation is 1. The normalized spacial score (nSPS) is 10.9. The molecule has 5 heteroatoms. The molecule has 3 rings (SSSR count). The van der Waals surface area contributed by atoms with Gasteiger partial charge in [-0.05, 0) is 42.7 Å². The van der Waals surface area contributed by atoms with Gasteiger partial charge in [0.1, 0.15) is 5.82 Å². The molecular formula is C22H26N2O3. The Morgan fingerprint density at radius 1 is 1.19 bits per heavy atom. The maximum absolute atomic E-state index is 9.31. The molecule has 1 heterocycles. The first kappa shape index (κ1) is 19.0. The summed E-state index contributed by atoms with van der Waals surface area (Å²) in [6.45, 7) is 5.21. The average molecular weight is 366 g/mol. The van der Waals surface area contributed by atoms with Crippen LogP contribution in [0.1, 0.15) is 17.8 Å². The Morgan fingerprint density at radius 3 is 2.81 bits per heavy atom. The highest BCUT2D eigenvalue weighted by molar-refractivity contribution is 5.75. The molecule has 1 aromatic heterocycles. The van der Waals surface area contributed by atoms with Crippen molar-refractivity contribution in [3.8, 4) is 11.5 Å². The summed E-state index contributed by atoms with van der Waals surface area (Å²) in [5.41, 5.74) is 3.20. The fourth-order valence-electron chi connectivity index (χ4n) is 3.20. The highest BCUT2D eigenvalue weighted by Crippen LogP contribution is 2.28. The Morgan fingerprint density at radius 2 is 2.04 bits per heavy atom. The Hall–Kier alpha value is -2.79. The summed E-state index contributed by atoms with van der Waals surface area (Å²) >= 11 is 0. The van der Waals surface area contributed by atoms with Crippen molar-refractivity contribution < 1.29 is 14.6 Å². The molecule has 0 fully saturated rings. The van der Waals surface area contributed by atoms with Crippen molar-refractivity contribution in [3.05, 3.63) is 66.5 Å². The molecular weight excluding hydrogens is 340 g/mol. The van der Waals surface area contributed by atoms with E-state index in [1.165, 1.54) is 0 Å². The third-order valence-electron chi connectivity index (χ3n) is 4.46. The van der Waals surface area contributed by atoms with Crippen molar-refractivity contribution in [1.82, 2.24) is 9.55 Å². The number of methoxy groups -OCH3 is 1. The van der Waals surface area contributed by atoms with Crippen LogP contribution < -0.4 is 9.47 Å². The minimum Gasteiger partial charge on any atom is -0.493 e. The van der Waals surface area contributed by atoms with E-state index in [0.717, 1.165) is 53.3 Å². The van der Waals surface area contributed by atoms with Crippen LogP contribution >= 0.6 is 0 Å². The van der Waals surface area contributed by atoms with Crippen molar-refractivity contribution >= 4 is 11.0 Å². The van der Waals surface area contributed by atoms with Gasteiger partial charge >= 0.3 is 0 Å². The Labute approximate surface area is 159 Å². The van der Waals surface area contributed by atoms with E-state index < -0.39 is 0 Å². The van der Waals surface area contributed by atoms with Crippen LogP contribution in [0.4, 0.5) is 0 Å². The van der Waals surface area contributed by atoms with Crippen molar-refractivity contribution in [3.63, 3.8) is 0 Å². The maximum Gasteiger partial charge on any atom is 0.161 e. The molecule has 0 unspecified atom stereocenters. The van der Waals surface area contributed by atoms with E-state index in [4.69, 9.17) is 9.47 Å². The number of ether oxygens (including phenoxy) is 2. The molecule has 0 aliphatic carbocycles. The van der Waals surface area contributed by atoms with Crippen LogP contribution in [0, 0.1) is 0 Å². The summed E-state index contributed by atoms with van der Waals surface area (Å²) in [6, 6.07) is 14.0. The molecule has 0 radical (unpaired) electrons. The number of hydrogen-bond donors (Lipinski definition) is 1. The third kappa shape index (κ3) is 4.49. The molecule has 3 aromatic rings. The lowest BCUT2D eigenvalue weighted by Crippen LogP contribution is -2.09. The zero-order valence-corrected chi connectivity index (χ0v) is 15.7. The molecule has 0 bridgehead atoms. The second kappa shape index (κ2) is 9.24. The van der Waals surface area contributed by atoms with Crippen LogP contribution in [0.15, 0.2) is 55.1 Å². The maximum atomic E-state index is 9.31. The number of nitrogens with zero attached hydrogens (tertiary/aromatic N) is 2. The van der Waals surface area contributed by atoms with Crippen LogP contribution in [0.2, 0.25) is 0 Å². The summed E-state index contributed by atoms with van der Waals surface area (Å²) in [7, 11) is 1.65. The van der Waals surface area contributed by atoms with E-state index >= 15 is 0 Å². The van der Waals surface area contributed by atoms with Gasteiger partial charge in [-0.25, -0.2) is 4.98 Å². The Balaban J connectivity index is 1.64. The number of aromatic nitrogens is 2. The third-order valence-corrected chi connectivity index (χ3v) is 4.46. The van der Waals surface area contributed by atoms with Crippen molar-refractivity contribution in [2.45, 2.75) is 25.8 Å². The molecule has 142 valence electrons. The van der Waals surface area contributed by atoms with Gasteiger partial charge in [0, 0.05) is 13.0 Å². The number of fused-ring (bicyclic) bond motifs is 1. The van der Waals surface area contributed by atoms with E-state index in [9.17, 15) is 5.11 Å². The molecule has 0 saturated carbocycles. The lowest BCUT2D eigenvalue weighted by molar-refractivity contribution is 0.279. The van der Waals surface area contributed by atoms with Gasteiger partial charge in [-0.15, -0.1) is 6.58 Å². The molecule has 27 heavy (non-hydrogen) atoms. The summed E-state index contributed by atoms with van der Waals surface area (Å²) in [4.78, 5) is 4.63. The number of aliphatic hydroxyl groups excluding tert-OH is 1. The second-order valence-electron chi connectivity index (χ2n) is 6.32. The molecule has 0 amide bonds. The van der Waals surface area contributed by atoms with Crippen LogP contribution in [0.3, 0.4) is 0 Å². The number of allylic oxidation sites excluding steroid dienone is 1. The summed E-state index contributed by atoms with van der Waals surface area (Å²) < 4.78 is 13.5. The quantitative estimate of drug-likeness (QED) is 0.438. The Kier molecular flexibility index (Phi) is 6.49. The predicted octanol–water partition coefficient (Wildman–Crippen LogP) is 3.78. The highest BCUT2D eigenvalue weighted by Gasteiger charge is 2.10. The standard InChI is InChI=1S/C22H26N2O3/c1-3-7-17-10-11-20(21(16-17)26-2)27-15-6-13-24-19-9-5-4-8-18(19)23-22(24)12-14-25/h3-5,8-11,16,25H,1,6-7,12-15H2,2H3. The summed E-state index contributed by atoms with van der Waals surface area (Å²) in [6.07, 6.45) is 4.05. The second-order valence-corrected chi connectivity index (χ2v) is 6.32. The van der Waals surface area contributed by atoms with E-state index in [-0.39, 0.29) is 6.61 Å². The van der Waals surface area contributed by atoms with Gasteiger partial charge in [0.15, 0.2) is 11.5 Å². The number of benzene rings is 2. The van der Waals surface area contributed by atoms with E-state index in [0.29, 0.717) is 13.0 Å². The van der Waals surface area contributed by atoms with Gasteiger partial charge < -0.3 is 19.1 Å². The topological polar surface area (TPSA) is 56.5 Å². The number of hydrogen-bond acceptors (Lipinski definition) is 4. The molecule has 0 saturated heterocycles. The first-order valence-corrected chi connectivity index (χ1v) is 9.22. The zero-order valence-electron chi connectivity index (χ0n) is 15.7. The van der Waals surface area contributed by atoms with Crippen molar-refractivity contribution in [2.24, 2.45) is 0 Å². The molecule has 1 N–H and O–H groups in total. The largest absolute Gasteiger partial charge is 0.493 e. The number of imidazole rings is 1. The molecule has 0 aliphatic heterocycles. The lowest BCUT2D eigenvalue weighted by atomic mass is 10.1. The van der Waals surface area contributed by atoms with Gasteiger partial charge in [-0.3, -0.25) is 0 Å². The van der Waals surface area contributed by atoms with Gasteiger partial charge in [-0.1, -0.05) is 24.3 Å². The minimum absolute atomic E-state index is 0.0913. The molecule has 0 aliphatic rings. The van der Waals surface area contributed by atoms with Crippen molar-refractivity contribution in [2.75, 3.05) is 20.3 Å². The van der Waals surface area contributed by atoms with Gasteiger partial charge in [0.05, 0.1) is 31.4 Å². The van der Waals surface area contributed by atoms with Gasteiger partial charge in [0.2, 0.25) is 0 Å². The van der Waals surface area contributed by atoms with Crippen LogP contribution in [0.25, 0.3) is 11.0 Å². The predicted molar refractivity (Wildman–Crippen MR) is 108 cm³/mol. The Bertz CT molecular complexity index is 902. The fourth-order valence-corrected chi connectivity index (χ4v) is 3.20. The van der Waals surface area contributed by atoms with Crippen molar-refractivity contribution in [1.29, 1.82) is 0 Å². The van der Waals surface area contributed by atoms with E-state index in [1.807, 2.05) is 42.5 Å². The van der Waals surface area contributed by atoms with Crippen LogP contribution in [0.5, 0.6) is 11.5 Å². The fraction of sp³-hybridized carbons (Fsp3) is 0.318. The zero-order chi connectivity index (χ0) is 19.1. The van der Waals surface area contributed by atoms with Crippen LogP contribution in [-0.2, 0) is 19.4 Å². The summed E-state index contributed by atoms with van der Waals surface area (Å²) in [5, 5.41) is 9.31. The SMILES string of the molecule is C=CCc1ccc(OCCCn2c(CCO)nc3ccccc32)c(OC)c1. The van der Waals surface area contributed by atoms with Crippen LogP contribution in [-0.4, -0.2) is 35.0 Å². The monoisotopic (exact) mass is 366 g/mol. The lowest BCUT2D eigenvalue weighted by Gasteiger charge is -2.13. The number of aliphatic hydroxyl groups is 1. The molecule has 2 aromatic carbocycles. The van der Waals surface area contributed by atoms with Gasteiger partial charge in [0.25, 0.3) is 0 Å². The average Bonchev–Trinajstić information content (AvgIpc) is 3.04. The smallest absolute Gasteiger partial charge is 0.161 e. The van der Waals surface area contributed by atoms with Gasteiger partial charge in [-0.2, -0.15) is 0 Å². The summed E-state index contributed by atoms with van der Waals surface area (Å²) in [5.74, 6) is 2.39.